The molecule has 5 rings (SSSR count). The van der Waals surface area contributed by atoms with Crippen molar-refractivity contribution in [2.24, 2.45) is 0 Å². The van der Waals surface area contributed by atoms with E-state index in [1.54, 1.807) is 4.57 Å². The van der Waals surface area contributed by atoms with Crippen LogP contribution in [-0.2, 0) is 9.47 Å². The molecule has 3 aliphatic rings. The van der Waals surface area contributed by atoms with Crippen molar-refractivity contribution in [2.45, 2.75) is 81.9 Å². The largest absolute Gasteiger partial charge is 0.394 e. The van der Waals surface area contributed by atoms with Crippen molar-refractivity contribution in [3.8, 4) is 0 Å². The van der Waals surface area contributed by atoms with Gasteiger partial charge in [-0.2, -0.15) is 4.98 Å². The number of fused-ring (bicyclic) bond motifs is 4. The molecule has 4 N–H and O–H groups in total. The van der Waals surface area contributed by atoms with E-state index >= 15 is 0 Å². The Morgan fingerprint density at radius 1 is 1.27 bits per heavy atom. The third kappa shape index (κ3) is 2.95. The SMILES string of the molecule is CCCCC[C@@H]1O[C@H]2Nc3nc4c(ncn4[C@H]4C[C@H](O)[C@@H](CO)O4)c(=O)n3[C@H]2[C@H]1O. The van der Waals surface area contributed by atoms with Gasteiger partial charge < -0.3 is 30.1 Å². The topological polar surface area (TPSA) is 144 Å². The second kappa shape index (κ2) is 7.57. The molecule has 164 valence electrons. The fourth-order valence-corrected chi connectivity index (χ4v) is 4.74. The van der Waals surface area contributed by atoms with Crippen LogP contribution < -0.4 is 10.9 Å². The molecule has 0 radical (unpaired) electrons. The van der Waals surface area contributed by atoms with Crippen molar-refractivity contribution < 1.29 is 24.8 Å². The van der Waals surface area contributed by atoms with E-state index in [9.17, 15) is 20.1 Å². The van der Waals surface area contributed by atoms with E-state index in [4.69, 9.17) is 9.47 Å². The fraction of sp³-hybridized carbons (Fsp3) is 0.737. The van der Waals surface area contributed by atoms with Gasteiger partial charge in [0, 0.05) is 6.42 Å². The summed E-state index contributed by atoms with van der Waals surface area (Å²) in [7, 11) is 0. The number of rotatable bonds is 6. The Morgan fingerprint density at radius 3 is 2.83 bits per heavy atom. The standard InChI is InChI=1S/C19H27N5O6/c1-2-3-4-5-10-15(27)14-17(30-10)22-19-21-16-13(18(28)24(14)19)20-8-23(16)12-6-9(26)11(7-25)29-12/h8-12,14-15,17,25-27H,2-7H2,1H3,(H,21,22)/t9-,10-,11+,12+,14-,15-,17+/m0/s1. The van der Waals surface area contributed by atoms with Gasteiger partial charge in [0.25, 0.3) is 5.56 Å². The Bertz CT molecular complexity index is 992. The van der Waals surface area contributed by atoms with Crippen molar-refractivity contribution in [1.29, 1.82) is 0 Å². The van der Waals surface area contributed by atoms with Gasteiger partial charge in [-0.25, -0.2) is 4.98 Å². The van der Waals surface area contributed by atoms with Gasteiger partial charge in [-0.05, 0) is 6.42 Å². The highest BCUT2D eigenvalue weighted by Crippen LogP contribution is 2.39. The Kier molecular flexibility index (Phi) is 5.02. The van der Waals surface area contributed by atoms with Crippen LogP contribution in [0.5, 0.6) is 0 Å². The van der Waals surface area contributed by atoms with Crippen LogP contribution in [0.15, 0.2) is 11.1 Å². The van der Waals surface area contributed by atoms with E-state index in [-0.39, 0.29) is 30.2 Å². The van der Waals surface area contributed by atoms with Gasteiger partial charge in [0.15, 0.2) is 17.4 Å². The summed E-state index contributed by atoms with van der Waals surface area (Å²) in [5, 5.41) is 33.3. The Morgan fingerprint density at radius 2 is 2.10 bits per heavy atom. The van der Waals surface area contributed by atoms with Crippen LogP contribution in [0, 0.1) is 0 Å². The molecule has 0 unspecified atom stereocenters. The molecule has 2 saturated heterocycles. The zero-order chi connectivity index (χ0) is 21.0. The molecule has 30 heavy (non-hydrogen) atoms. The lowest BCUT2D eigenvalue weighted by molar-refractivity contribution is -0.0432. The maximum atomic E-state index is 13.2. The van der Waals surface area contributed by atoms with E-state index in [2.05, 4.69) is 22.2 Å². The molecule has 11 heteroatoms. The first-order chi connectivity index (χ1) is 14.5. The number of aliphatic hydroxyl groups is 3. The zero-order valence-corrected chi connectivity index (χ0v) is 16.7. The minimum atomic E-state index is -0.807. The first-order valence-electron chi connectivity index (χ1n) is 10.6. The first-order valence-corrected chi connectivity index (χ1v) is 10.6. The summed E-state index contributed by atoms with van der Waals surface area (Å²) in [6.45, 7) is 1.82. The molecule has 0 aromatic carbocycles. The van der Waals surface area contributed by atoms with Crippen molar-refractivity contribution in [3.63, 3.8) is 0 Å². The van der Waals surface area contributed by atoms with E-state index in [0.29, 0.717) is 11.6 Å². The fourth-order valence-electron chi connectivity index (χ4n) is 4.74. The summed E-state index contributed by atoms with van der Waals surface area (Å²) in [6, 6.07) is -0.551. The van der Waals surface area contributed by atoms with Crippen LogP contribution in [-0.4, -0.2) is 71.7 Å². The van der Waals surface area contributed by atoms with Crippen molar-refractivity contribution >= 4 is 17.1 Å². The highest BCUT2D eigenvalue weighted by Gasteiger charge is 2.50. The van der Waals surface area contributed by atoms with Gasteiger partial charge in [-0.3, -0.25) is 13.9 Å². The first kappa shape index (κ1) is 19.9. The number of hydrogen-bond acceptors (Lipinski definition) is 9. The zero-order valence-electron chi connectivity index (χ0n) is 16.7. The molecule has 3 aliphatic heterocycles. The number of hydrogen-bond donors (Lipinski definition) is 4. The van der Waals surface area contributed by atoms with Crippen molar-refractivity contribution in [1.82, 2.24) is 19.1 Å². The third-order valence-corrected chi connectivity index (χ3v) is 6.35. The van der Waals surface area contributed by atoms with Gasteiger partial charge >= 0.3 is 0 Å². The number of ether oxygens (including phenoxy) is 2. The Hall–Kier alpha value is -2.05. The van der Waals surface area contributed by atoms with Gasteiger partial charge in [-0.15, -0.1) is 0 Å². The predicted octanol–water partition coefficient (Wildman–Crippen LogP) is -0.134. The molecule has 0 saturated carbocycles. The average Bonchev–Trinajstić information content (AvgIpc) is 3.46. The summed E-state index contributed by atoms with van der Waals surface area (Å²) in [5.41, 5.74) is 0.125. The Labute approximate surface area is 172 Å². The minimum absolute atomic E-state index is 0.161. The van der Waals surface area contributed by atoms with Gasteiger partial charge in [-0.1, -0.05) is 26.2 Å². The normalized spacial score (nSPS) is 35.0. The highest BCUT2D eigenvalue weighted by atomic mass is 16.5. The maximum absolute atomic E-state index is 13.2. The third-order valence-electron chi connectivity index (χ3n) is 6.35. The number of nitrogens with one attached hydrogen (secondary N) is 1. The lowest BCUT2D eigenvalue weighted by Gasteiger charge is -2.18. The molecule has 2 fully saturated rings. The molecule has 0 aliphatic carbocycles. The lowest BCUT2D eigenvalue weighted by atomic mass is 10.0. The van der Waals surface area contributed by atoms with Crippen LogP contribution >= 0.6 is 0 Å². The van der Waals surface area contributed by atoms with Gasteiger partial charge in [0.1, 0.15) is 24.5 Å². The van der Waals surface area contributed by atoms with Crippen LogP contribution in [0.25, 0.3) is 11.2 Å². The van der Waals surface area contributed by atoms with Crippen LogP contribution in [0.4, 0.5) is 5.95 Å². The van der Waals surface area contributed by atoms with E-state index in [0.717, 1.165) is 25.7 Å². The Balaban J connectivity index is 1.46. The minimum Gasteiger partial charge on any atom is -0.394 e. The number of imidazole rings is 1. The summed E-state index contributed by atoms with van der Waals surface area (Å²) in [6.07, 6.45) is 1.85. The molecule has 5 heterocycles. The van der Waals surface area contributed by atoms with Gasteiger partial charge in [0.05, 0.1) is 25.1 Å². The average molecular weight is 421 g/mol. The summed E-state index contributed by atoms with van der Waals surface area (Å²) < 4.78 is 14.7. The van der Waals surface area contributed by atoms with Crippen LogP contribution in [0.1, 0.15) is 51.3 Å². The molecule has 0 bridgehead atoms. The van der Waals surface area contributed by atoms with E-state index in [1.807, 2.05) is 0 Å². The highest BCUT2D eigenvalue weighted by molar-refractivity contribution is 5.72. The van der Waals surface area contributed by atoms with E-state index in [1.165, 1.54) is 10.9 Å². The van der Waals surface area contributed by atoms with Crippen molar-refractivity contribution in [2.75, 3.05) is 11.9 Å². The number of nitrogens with zero attached hydrogens (tertiary/aromatic N) is 4. The molecular weight excluding hydrogens is 394 g/mol. The molecule has 2 aromatic rings. The number of unbranched alkanes of at least 4 members (excludes halogenated alkanes) is 2. The van der Waals surface area contributed by atoms with Crippen LogP contribution in [0.3, 0.4) is 0 Å². The van der Waals surface area contributed by atoms with Crippen molar-refractivity contribution in [3.05, 3.63) is 16.7 Å². The number of aromatic nitrogens is 4. The van der Waals surface area contributed by atoms with E-state index < -0.39 is 36.8 Å². The summed E-state index contributed by atoms with van der Waals surface area (Å²) in [4.78, 5) is 22.0. The van der Waals surface area contributed by atoms with Gasteiger partial charge in [0.2, 0.25) is 5.95 Å². The monoisotopic (exact) mass is 421 g/mol. The van der Waals surface area contributed by atoms with Crippen LogP contribution in [0.2, 0.25) is 0 Å². The smallest absolute Gasteiger partial charge is 0.283 e. The lowest BCUT2D eigenvalue weighted by Crippen LogP contribution is -2.33. The molecule has 2 aromatic heterocycles. The summed E-state index contributed by atoms with van der Waals surface area (Å²) in [5.74, 6) is 0.313. The number of anilines is 1. The second-order valence-corrected chi connectivity index (χ2v) is 8.27. The quantitative estimate of drug-likeness (QED) is 0.469. The number of aliphatic hydroxyl groups excluding tert-OH is 3. The second-order valence-electron chi connectivity index (χ2n) is 8.27. The molecule has 11 nitrogen and oxygen atoms in total. The predicted molar refractivity (Wildman–Crippen MR) is 105 cm³/mol. The summed E-state index contributed by atoms with van der Waals surface area (Å²) >= 11 is 0. The molecular formula is C19H27N5O6. The molecule has 7 atom stereocenters. The molecule has 0 spiro atoms. The molecule has 0 amide bonds. The maximum Gasteiger partial charge on any atom is 0.283 e.